The van der Waals surface area contributed by atoms with E-state index >= 15 is 0 Å². The highest BCUT2D eigenvalue weighted by Gasteiger charge is 2.24. The average Bonchev–Trinajstić information content (AvgIpc) is 2.78. The van der Waals surface area contributed by atoms with Crippen molar-refractivity contribution in [1.29, 1.82) is 0 Å². The molecule has 0 saturated carbocycles. The summed E-state index contributed by atoms with van der Waals surface area (Å²) in [7, 11) is -2.14. The number of nitrogens with zero attached hydrogens (tertiary/aromatic N) is 2. The van der Waals surface area contributed by atoms with Gasteiger partial charge in [-0.05, 0) is 19.1 Å². The molecule has 0 radical (unpaired) electrons. The number of methoxy groups -OCH3 is 1. The van der Waals surface area contributed by atoms with Gasteiger partial charge in [-0.3, -0.25) is 4.40 Å². The predicted octanol–water partition coefficient (Wildman–Crippen LogP) is 0.691. The Morgan fingerprint density at radius 2 is 2.20 bits per heavy atom. The van der Waals surface area contributed by atoms with Crippen LogP contribution < -0.4 is 10.0 Å². The van der Waals surface area contributed by atoms with Crippen molar-refractivity contribution in [1.82, 2.24) is 14.1 Å². The molecule has 2 heterocycles. The number of sulfonamides is 1. The lowest BCUT2D eigenvalue weighted by molar-refractivity contribution is 0.204. The van der Waals surface area contributed by atoms with Gasteiger partial charge in [0.1, 0.15) is 5.65 Å². The molecule has 8 heteroatoms. The van der Waals surface area contributed by atoms with Crippen molar-refractivity contribution in [3.8, 4) is 0 Å². The van der Waals surface area contributed by atoms with Crippen LogP contribution in [0.25, 0.3) is 5.65 Å². The molecule has 0 saturated heterocycles. The summed E-state index contributed by atoms with van der Waals surface area (Å²) >= 11 is 0. The first-order chi connectivity index (χ1) is 9.60. The molecule has 2 aromatic heterocycles. The second-order valence-electron chi connectivity index (χ2n) is 4.12. The molecule has 0 aliphatic heterocycles. The van der Waals surface area contributed by atoms with Gasteiger partial charge in [-0.15, -0.1) is 0 Å². The van der Waals surface area contributed by atoms with Gasteiger partial charge in [0.25, 0.3) is 10.0 Å². The molecule has 0 aliphatic carbocycles. The SMILES string of the molecule is CCNc1nc2ccccn2c1S(=O)(=O)NCCOC. The van der Waals surface area contributed by atoms with Gasteiger partial charge in [0, 0.05) is 26.4 Å². The van der Waals surface area contributed by atoms with Gasteiger partial charge in [-0.25, -0.2) is 18.1 Å². The molecule has 0 aliphatic rings. The van der Waals surface area contributed by atoms with E-state index in [1.165, 1.54) is 7.11 Å². The molecule has 0 unspecified atom stereocenters. The number of imidazole rings is 1. The lowest BCUT2D eigenvalue weighted by Crippen LogP contribution is -2.28. The number of fused-ring (bicyclic) bond motifs is 1. The van der Waals surface area contributed by atoms with Gasteiger partial charge in [-0.2, -0.15) is 0 Å². The molecule has 0 aromatic carbocycles. The van der Waals surface area contributed by atoms with E-state index in [0.717, 1.165) is 0 Å². The topological polar surface area (TPSA) is 84.7 Å². The molecule has 110 valence electrons. The van der Waals surface area contributed by atoms with Crippen molar-refractivity contribution in [3.63, 3.8) is 0 Å². The monoisotopic (exact) mass is 298 g/mol. The Labute approximate surface area is 118 Å². The Bertz CT molecular complexity index is 681. The van der Waals surface area contributed by atoms with E-state index < -0.39 is 10.0 Å². The molecule has 2 N–H and O–H groups in total. The fourth-order valence-corrected chi connectivity index (χ4v) is 3.13. The summed E-state index contributed by atoms with van der Waals surface area (Å²) in [6.07, 6.45) is 1.67. The summed E-state index contributed by atoms with van der Waals surface area (Å²) in [6.45, 7) is 3.00. The molecular weight excluding hydrogens is 280 g/mol. The summed E-state index contributed by atoms with van der Waals surface area (Å²) in [5, 5.41) is 3.10. The maximum Gasteiger partial charge on any atom is 0.260 e. The van der Waals surface area contributed by atoms with E-state index in [4.69, 9.17) is 4.74 Å². The number of pyridine rings is 1. The third kappa shape index (κ3) is 2.92. The van der Waals surface area contributed by atoms with Crippen LogP contribution in [-0.4, -0.2) is 44.6 Å². The highest BCUT2D eigenvalue weighted by molar-refractivity contribution is 7.89. The summed E-state index contributed by atoms with van der Waals surface area (Å²) in [4.78, 5) is 4.30. The Balaban J connectivity index is 2.47. The minimum absolute atomic E-state index is 0.117. The van der Waals surface area contributed by atoms with E-state index in [1.807, 2.05) is 13.0 Å². The van der Waals surface area contributed by atoms with Gasteiger partial charge in [-0.1, -0.05) is 6.07 Å². The van der Waals surface area contributed by atoms with Crippen LogP contribution in [0.3, 0.4) is 0 Å². The van der Waals surface area contributed by atoms with Crippen LogP contribution in [0.15, 0.2) is 29.4 Å². The number of ether oxygens (including phenoxy) is 1. The molecule has 0 spiro atoms. The molecule has 0 fully saturated rings. The molecule has 7 nitrogen and oxygen atoms in total. The third-order valence-corrected chi connectivity index (χ3v) is 4.17. The maximum atomic E-state index is 12.4. The lowest BCUT2D eigenvalue weighted by Gasteiger charge is -2.08. The number of rotatable bonds is 7. The van der Waals surface area contributed by atoms with Crippen molar-refractivity contribution >= 4 is 21.5 Å². The standard InChI is InChI=1S/C12H18N4O3S/c1-3-13-11-12(20(17,18)14-7-9-19-2)16-8-5-4-6-10(16)15-11/h4-6,8,13-14H,3,7,9H2,1-2H3. The van der Waals surface area contributed by atoms with E-state index in [-0.39, 0.29) is 11.6 Å². The second-order valence-corrected chi connectivity index (χ2v) is 5.80. The predicted molar refractivity (Wildman–Crippen MR) is 76.4 cm³/mol. The molecule has 0 amide bonds. The molecule has 20 heavy (non-hydrogen) atoms. The smallest absolute Gasteiger partial charge is 0.260 e. The van der Waals surface area contributed by atoms with E-state index in [0.29, 0.717) is 24.6 Å². The summed E-state index contributed by atoms with van der Waals surface area (Å²) < 4.78 is 33.7. The Morgan fingerprint density at radius 3 is 2.90 bits per heavy atom. The Hall–Kier alpha value is -1.64. The zero-order valence-electron chi connectivity index (χ0n) is 11.5. The van der Waals surface area contributed by atoms with Gasteiger partial charge in [0.05, 0.1) is 6.61 Å². The third-order valence-electron chi connectivity index (χ3n) is 2.68. The van der Waals surface area contributed by atoms with Crippen molar-refractivity contribution in [2.45, 2.75) is 11.9 Å². The van der Waals surface area contributed by atoms with Crippen LogP contribution in [0.1, 0.15) is 6.92 Å². The Morgan fingerprint density at radius 1 is 1.40 bits per heavy atom. The normalized spacial score (nSPS) is 11.9. The van der Waals surface area contributed by atoms with Crippen LogP contribution >= 0.6 is 0 Å². The summed E-state index contributed by atoms with van der Waals surface area (Å²) in [5.74, 6) is 0.351. The second kappa shape index (κ2) is 6.21. The largest absolute Gasteiger partial charge is 0.383 e. The van der Waals surface area contributed by atoms with Crippen LogP contribution in [0.4, 0.5) is 5.82 Å². The van der Waals surface area contributed by atoms with Crippen molar-refractivity contribution in [3.05, 3.63) is 24.4 Å². The fraction of sp³-hybridized carbons (Fsp3) is 0.417. The zero-order chi connectivity index (χ0) is 14.6. The van der Waals surface area contributed by atoms with E-state index in [2.05, 4.69) is 15.0 Å². The first-order valence-electron chi connectivity index (χ1n) is 6.29. The van der Waals surface area contributed by atoms with Crippen LogP contribution in [0.5, 0.6) is 0 Å². The van der Waals surface area contributed by atoms with Crippen LogP contribution in [0, 0.1) is 0 Å². The van der Waals surface area contributed by atoms with Crippen molar-refractivity contribution in [2.24, 2.45) is 0 Å². The highest BCUT2D eigenvalue weighted by Crippen LogP contribution is 2.22. The minimum Gasteiger partial charge on any atom is -0.383 e. The average molecular weight is 298 g/mol. The maximum absolute atomic E-state index is 12.4. The quantitative estimate of drug-likeness (QED) is 0.735. The molecule has 2 rings (SSSR count). The van der Waals surface area contributed by atoms with E-state index in [1.54, 1.807) is 22.7 Å². The lowest BCUT2D eigenvalue weighted by atomic mass is 10.5. The first kappa shape index (κ1) is 14.8. The summed E-state index contributed by atoms with van der Waals surface area (Å²) in [5.41, 5.74) is 0.579. The molecule has 2 aromatic rings. The summed E-state index contributed by atoms with van der Waals surface area (Å²) in [6, 6.07) is 5.33. The number of aromatic nitrogens is 2. The molecule has 0 atom stereocenters. The number of hydrogen-bond acceptors (Lipinski definition) is 5. The van der Waals surface area contributed by atoms with Gasteiger partial charge in [0.2, 0.25) is 0 Å². The molecule has 0 bridgehead atoms. The van der Waals surface area contributed by atoms with Gasteiger partial charge < -0.3 is 10.1 Å². The minimum atomic E-state index is -3.66. The molecular formula is C12H18N4O3S. The zero-order valence-corrected chi connectivity index (χ0v) is 12.3. The Kier molecular flexibility index (Phi) is 4.58. The highest BCUT2D eigenvalue weighted by atomic mass is 32.2. The van der Waals surface area contributed by atoms with Crippen molar-refractivity contribution < 1.29 is 13.2 Å². The van der Waals surface area contributed by atoms with Gasteiger partial charge >= 0.3 is 0 Å². The first-order valence-corrected chi connectivity index (χ1v) is 7.78. The van der Waals surface area contributed by atoms with Crippen molar-refractivity contribution in [2.75, 3.05) is 32.1 Å². The fourth-order valence-electron chi connectivity index (χ4n) is 1.86. The van der Waals surface area contributed by atoms with Gasteiger partial charge in [0.15, 0.2) is 10.8 Å². The van der Waals surface area contributed by atoms with Crippen LogP contribution in [0.2, 0.25) is 0 Å². The van der Waals surface area contributed by atoms with E-state index in [9.17, 15) is 8.42 Å². The number of nitrogens with one attached hydrogen (secondary N) is 2. The van der Waals surface area contributed by atoms with Crippen LogP contribution in [-0.2, 0) is 14.8 Å². The number of anilines is 1. The number of hydrogen-bond donors (Lipinski definition) is 2.